The van der Waals surface area contributed by atoms with Gasteiger partial charge >= 0.3 is 0 Å². The van der Waals surface area contributed by atoms with Crippen LogP contribution in [0, 0.1) is 6.92 Å². The van der Waals surface area contributed by atoms with E-state index in [1.54, 1.807) is 4.90 Å². The highest BCUT2D eigenvalue weighted by Gasteiger charge is 2.29. The van der Waals surface area contributed by atoms with E-state index in [1.807, 2.05) is 37.4 Å². The standard InChI is InChI=1S/C20H24N2O/c1-16-9-6-7-12-18(16)19-13-8-14-22(19)15-20(23)21(2)17-10-4-3-5-11-17/h3-7,9-12,19H,8,13-15H2,1-2H3/t19-/m1/s1. The van der Waals surface area contributed by atoms with E-state index >= 15 is 0 Å². The van der Waals surface area contributed by atoms with Gasteiger partial charge in [-0.05, 0) is 49.6 Å². The van der Waals surface area contributed by atoms with Crippen LogP contribution in [0.25, 0.3) is 0 Å². The highest BCUT2D eigenvalue weighted by Crippen LogP contribution is 2.33. The first-order valence-corrected chi connectivity index (χ1v) is 8.28. The maximum absolute atomic E-state index is 12.6. The van der Waals surface area contributed by atoms with Crippen molar-refractivity contribution in [1.82, 2.24) is 4.90 Å². The van der Waals surface area contributed by atoms with Crippen molar-refractivity contribution in [3.05, 3.63) is 65.7 Å². The van der Waals surface area contributed by atoms with E-state index in [4.69, 9.17) is 0 Å². The minimum Gasteiger partial charge on any atom is -0.314 e. The summed E-state index contributed by atoms with van der Waals surface area (Å²) in [6, 6.07) is 18.7. The quantitative estimate of drug-likeness (QED) is 0.858. The van der Waals surface area contributed by atoms with Crippen molar-refractivity contribution in [3.8, 4) is 0 Å². The average molecular weight is 308 g/mol. The molecule has 0 radical (unpaired) electrons. The molecule has 120 valence electrons. The van der Waals surface area contributed by atoms with Gasteiger partial charge in [0.2, 0.25) is 5.91 Å². The van der Waals surface area contributed by atoms with Crippen LogP contribution in [0.2, 0.25) is 0 Å². The number of hydrogen-bond acceptors (Lipinski definition) is 2. The molecule has 1 amide bonds. The van der Waals surface area contributed by atoms with Crippen molar-refractivity contribution < 1.29 is 4.79 Å². The third-order valence-electron chi connectivity index (χ3n) is 4.77. The maximum Gasteiger partial charge on any atom is 0.240 e. The molecule has 1 heterocycles. The summed E-state index contributed by atoms with van der Waals surface area (Å²) in [5.41, 5.74) is 3.62. The largest absolute Gasteiger partial charge is 0.314 e. The lowest BCUT2D eigenvalue weighted by Crippen LogP contribution is -2.38. The van der Waals surface area contributed by atoms with E-state index in [1.165, 1.54) is 11.1 Å². The molecule has 2 aromatic rings. The number of carbonyl (C=O) groups excluding carboxylic acids is 1. The smallest absolute Gasteiger partial charge is 0.240 e. The summed E-state index contributed by atoms with van der Waals surface area (Å²) in [7, 11) is 1.86. The molecule has 3 nitrogen and oxygen atoms in total. The maximum atomic E-state index is 12.6. The lowest BCUT2D eigenvalue weighted by atomic mass is 9.99. The van der Waals surface area contributed by atoms with E-state index in [9.17, 15) is 4.79 Å². The normalized spacial score (nSPS) is 18.1. The second-order valence-electron chi connectivity index (χ2n) is 6.27. The van der Waals surface area contributed by atoms with Crippen molar-refractivity contribution in [3.63, 3.8) is 0 Å². The Bertz CT molecular complexity index is 668. The first-order valence-electron chi connectivity index (χ1n) is 8.28. The Balaban J connectivity index is 1.72. The number of nitrogens with zero attached hydrogens (tertiary/aromatic N) is 2. The van der Waals surface area contributed by atoms with Gasteiger partial charge in [-0.3, -0.25) is 9.69 Å². The minimum atomic E-state index is 0.150. The van der Waals surface area contributed by atoms with Gasteiger partial charge in [-0.25, -0.2) is 0 Å². The fourth-order valence-corrected chi connectivity index (χ4v) is 3.40. The van der Waals surface area contributed by atoms with E-state index in [2.05, 4.69) is 36.1 Å². The summed E-state index contributed by atoms with van der Waals surface area (Å²) in [4.78, 5) is 16.7. The summed E-state index contributed by atoms with van der Waals surface area (Å²) in [5.74, 6) is 0.150. The molecule has 1 aliphatic rings. The molecule has 0 aromatic heterocycles. The molecule has 3 heteroatoms. The van der Waals surface area contributed by atoms with Crippen LogP contribution in [0.1, 0.15) is 30.0 Å². The molecule has 0 saturated carbocycles. The third kappa shape index (κ3) is 3.45. The topological polar surface area (TPSA) is 23.6 Å². The van der Waals surface area contributed by atoms with Crippen molar-refractivity contribution in [1.29, 1.82) is 0 Å². The van der Waals surface area contributed by atoms with Crippen LogP contribution in [0.4, 0.5) is 5.69 Å². The van der Waals surface area contributed by atoms with Gasteiger partial charge in [0.05, 0.1) is 6.54 Å². The number of carbonyl (C=O) groups is 1. The van der Waals surface area contributed by atoms with Gasteiger partial charge in [0.15, 0.2) is 0 Å². The number of para-hydroxylation sites is 1. The van der Waals surface area contributed by atoms with Gasteiger partial charge in [-0.15, -0.1) is 0 Å². The lowest BCUT2D eigenvalue weighted by molar-refractivity contribution is -0.119. The van der Waals surface area contributed by atoms with Crippen molar-refractivity contribution >= 4 is 11.6 Å². The Morgan fingerprint density at radius 2 is 1.83 bits per heavy atom. The summed E-state index contributed by atoms with van der Waals surface area (Å²) in [6.07, 6.45) is 2.29. The van der Waals surface area contributed by atoms with Gasteiger partial charge in [0, 0.05) is 18.8 Å². The second-order valence-corrected chi connectivity index (χ2v) is 6.27. The molecule has 1 aliphatic heterocycles. The minimum absolute atomic E-state index is 0.150. The molecule has 0 unspecified atom stereocenters. The van der Waals surface area contributed by atoms with Crippen LogP contribution in [-0.2, 0) is 4.79 Å². The van der Waals surface area contributed by atoms with E-state index < -0.39 is 0 Å². The van der Waals surface area contributed by atoms with Crippen LogP contribution in [0.5, 0.6) is 0 Å². The first-order chi connectivity index (χ1) is 11.2. The highest BCUT2D eigenvalue weighted by molar-refractivity contribution is 5.94. The average Bonchev–Trinajstić information content (AvgIpc) is 3.03. The van der Waals surface area contributed by atoms with E-state index in [0.29, 0.717) is 12.6 Å². The van der Waals surface area contributed by atoms with Crippen LogP contribution in [0.15, 0.2) is 54.6 Å². The van der Waals surface area contributed by atoms with Crippen molar-refractivity contribution in [2.45, 2.75) is 25.8 Å². The number of hydrogen-bond donors (Lipinski definition) is 0. The van der Waals surface area contributed by atoms with E-state index in [-0.39, 0.29) is 5.91 Å². The Morgan fingerprint density at radius 3 is 2.57 bits per heavy atom. The van der Waals surface area contributed by atoms with Crippen molar-refractivity contribution in [2.75, 3.05) is 25.0 Å². The molecule has 0 bridgehead atoms. The summed E-state index contributed by atoms with van der Waals surface area (Å²) in [5, 5.41) is 0. The van der Waals surface area contributed by atoms with Gasteiger partial charge in [0.1, 0.15) is 0 Å². The number of anilines is 1. The molecule has 1 atom stereocenters. The Hall–Kier alpha value is -2.13. The second kappa shape index (κ2) is 6.97. The van der Waals surface area contributed by atoms with Gasteiger partial charge < -0.3 is 4.90 Å². The molecule has 0 spiro atoms. The molecule has 23 heavy (non-hydrogen) atoms. The van der Waals surface area contributed by atoms with Crippen LogP contribution in [-0.4, -0.2) is 30.9 Å². The van der Waals surface area contributed by atoms with Gasteiger partial charge in [-0.1, -0.05) is 42.5 Å². The SMILES string of the molecule is Cc1ccccc1[C@H]1CCCN1CC(=O)N(C)c1ccccc1. The third-order valence-corrected chi connectivity index (χ3v) is 4.77. The summed E-state index contributed by atoms with van der Waals surface area (Å²) >= 11 is 0. The molecule has 3 rings (SSSR count). The zero-order valence-electron chi connectivity index (χ0n) is 13.9. The number of likely N-dealkylation sites (N-methyl/N-ethyl adjacent to an activating group) is 1. The molecule has 0 N–H and O–H groups in total. The molecular weight excluding hydrogens is 284 g/mol. The number of aryl methyl sites for hydroxylation is 1. The predicted octanol–water partition coefficient (Wildman–Crippen LogP) is 3.79. The number of rotatable bonds is 4. The molecule has 0 aliphatic carbocycles. The number of benzene rings is 2. The molecule has 2 aromatic carbocycles. The Morgan fingerprint density at radius 1 is 1.13 bits per heavy atom. The first kappa shape index (κ1) is 15.8. The van der Waals surface area contributed by atoms with Crippen LogP contribution in [0.3, 0.4) is 0 Å². The molecule has 1 fully saturated rings. The molecule has 1 saturated heterocycles. The summed E-state index contributed by atoms with van der Waals surface area (Å²) in [6.45, 7) is 3.63. The molecular formula is C20H24N2O. The lowest BCUT2D eigenvalue weighted by Gasteiger charge is -2.27. The van der Waals surface area contributed by atoms with Crippen LogP contribution >= 0.6 is 0 Å². The van der Waals surface area contributed by atoms with Crippen molar-refractivity contribution in [2.24, 2.45) is 0 Å². The van der Waals surface area contributed by atoms with Gasteiger partial charge in [0.25, 0.3) is 0 Å². The summed E-state index contributed by atoms with van der Waals surface area (Å²) < 4.78 is 0. The highest BCUT2D eigenvalue weighted by atomic mass is 16.2. The fraction of sp³-hybridized carbons (Fsp3) is 0.350. The van der Waals surface area contributed by atoms with E-state index in [0.717, 1.165) is 25.1 Å². The Kier molecular flexibility index (Phi) is 4.77. The zero-order chi connectivity index (χ0) is 16.2. The monoisotopic (exact) mass is 308 g/mol. The Labute approximate surface area is 138 Å². The number of amides is 1. The number of likely N-dealkylation sites (tertiary alicyclic amines) is 1. The fourth-order valence-electron chi connectivity index (χ4n) is 3.40. The zero-order valence-corrected chi connectivity index (χ0v) is 13.9. The predicted molar refractivity (Wildman–Crippen MR) is 94.6 cm³/mol. The van der Waals surface area contributed by atoms with Gasteiger partial charge in [-0.2, -0.15) is 0 Å². The van der Waals surface area contributed by atoms with Crippen LogP contribution < -0.4 is 4.90 Å².